The van der Waals surface area contributed by atoms with Crippen molar-refractivity contribution in [3.63, 3.8) is 0 Å². The molecule has 1 amide bonds. The molecule has 2 unspecified atom stereocenters. The number of carbonyl (C=O) groups is 1. The van der Waals surface area contributed by atoms with Gasteiger partial charge >= 0.3 is 0 Å². The number of rotatable bonds is 6. The first kappa shape index (κ1) is 15.4. The van der Waals surface area contributed by atoms with Crippen molar-refractivity contribution in [2.45, 2.75) is 46.6 Å². The number of β-amino-alcohol motifs (C(OH)–C–C–N with tert-alkyl or cyclic N) is 1. The molecular formula is C14H28N2O2. The van der Waals surface area contributed by atoms with E-state index in [1.807, 2.05) is 4.90 Å². The molecule has 0 bridgehead atoms. The fourth-order valence-electron chi connectivity index (χ4n) is 2.29. The van der Waals surface area contributed by atoms with Gasteiger partial charge in [0.1, 0.15) is 0 Å². The Morgan fingerprint density at radius 3 is 2.67 bits per heavy atom. The van der Waals surface area contributed by atoms with E-state index in [0.29, 0.717) is 25.4 Å². The first-order chi connectivity index (χ1) is 8.34. The minimum Gasteiger partial charge on any atom is -0.390 e. The van der Waals surface area contributed by atoms with Crippen molar-refractivity contribution in [3.05, 3.63) is 0 Å². The summed E-state index contributed by atoms with van der Waals surface area (Å²) >= 11 is 0. The molecule has 1 rings (SSSR count). The molecule has 2 N–H and O–H groups in total. The Hall–Kier alpha value is -0.610. The van der Waals surface area contributed by atoms with Crippen molar-refractivity contribution in [2.24, 2.45) is 11.3 Å². The van der Waals surface area contributed by atoms with E-state index in [9.17, 15) is 9.90 Å². The maximum Gasteiger partial charge on any atom is 0.223 e. The molecule has 0 aromatic heterocycles. The van der Waals surface area contributed by atoms with Crippen LogP contribution in [-0.4, -0.2) is 48.2 Å². The van der Waals surface area contributed by atoms with Gasteiger partial charge in [0.25, 0.3) is 0 Å². The lowest BCUT2D eigenvalue weighted by Crippen LogP contribution is -2.39. The second-order valence-corrected chi connectivity index (χ2v) is 6.42. The number of amides is 1. The maximum absolute atomic E-state index is 11.9. The Labute approximate surface area is 111 Å². The van der Waals surface area contributed by atoms with Gasteiger partial charge in [0.2, 0.25) is 5.91 Å². The molecule has 0 saturated carbocycles. The summed E-state index contributed by atoms with van der Waals surface area (Å²) in [7, 11) is 0. The Balaban J connectivity index is 2.37. The van der Waals surface area contributed by atoms with Crippen LogP contribution >= 0.6 is 0 Å². The Morgan fingerprint density at radius 1 is 1.50 bits per heavy atom. The standard InChI is InChI=1S/C14H28N2O2/c1-5-6-15-8-12(17)10-16-9-11(7-13(16)18)14(2,3)4/h11-12,15,17H,5-10H2,1-4H3. The summed E-state index contributed by atoms with van der Waals surface area (Å²) in [4.78, 5) is 13.7. The lowest BCUT2D eigenvalue weighted by molar-refractivity contribution is -0.128. The molecule has 0 radical (unpaired) electrons. The Bertz CT molecular complexity index is 273. The molecule has 2 atom stereocenters. The molecule has 0 aromatic carbocycles. The molecular weight excluding hydrogens is 228 g/mol. The molecule has 1 aliphatic heterocycles. The highest BCUT2D eigenvalue weighted by Gasteiger charge is 2.37. The molecule has 0 aliphatic carbocycles. The summed E-state index contributed by atoms with van der Waals surface area (Å²) in [6.45, 7) is 11.3. The second-order valence-electron chi connectivity index (χ2n) is 6.42. The van der Waals surface area contributed by atoms with Crippen LogP contribution in [0.3, 0.4) is 0 Å². The fourth-order valence-corrected chi connectivity index (χ4v) is 2.29. The molecule has 18 heavy (non-hydrogen) atoms. The molecule has 1 aliphatic rings. The third-order valence-electron chi connectivity index (χ3n) is 3.68. The molecule has 1 fully saturated rings. The van der Waals surface area contributed by atoms with E-state index in [0.717, 1.165) is 19.5 Å². The van der Waals surface area contributed by atoms with Crippen LogP contribution in [0.5, 0.6) is 0 Å². The van der Waals surface area contributed by atoms with E-state index in [4.69, 9.17) is 0 Å². The van der Waals surface area contributed by atoms with E-state index in [2.05, 4.69) is 33.0 Å². The van der Waals surface area contributed by atoms with E-state index < -0.39 is 6.10 Å². The van der Waals surface area contributed by atoms with Crippen molar-refractivity contribution < 1.29 is 9.90 Å². The number of hydrogen-bond donors (Lipinski definition) is 2. The first-order valence-corrected chi connectivity index (χ1v) is 7.01. The van der Waals surface area contributed by atoms with Gasteiger partial charge < -0.3 is 15.3 Å². The van der Waals surface area contributed by atoms with Crippen LogP contribution in [0.15, 0.2) is 0 Å². The molecule has 4 nitrogen and oxygen atoms in total. The van der Waals surface area contributed by atoms with Crippen molar-refractivity contribution >= 4 is 5.91 Å². The number of aliphatic hydroxyl groups excluding tert-OH is 1. The van der Waals surface area contributed by atoms with Crippen LogP contribution in [0.2, 0.25) is 0 Å². The lowest BCUT2D eigenvalue weighted by atomic mass is 9.80. The summed E-state index contributed by atoms with van der Waals surface area (Å²) in [5, 5.41) is 13.1. The minimum absolute atomic E-state index is 0.163. The minimum atomic E-state index is -0.459. The normalized spacial score (nSPS) is 22.6. The van der Waals surface area contributed by atoms with Gasteiger partial charge in [-0.2, -0.15) is 0 Å². The van der Waals surface area contributed by atoms with Crippen molar-refractivity contribution in [1.82, 2.24) is 10.2 Å². The predicted octanol–water partition coefficient (Wildman–Crippen LogP) is 1.24. The number of aliphatic hydroxyl groups is 1. The van der Waals surface area contributed by atoms with Gasteiger partial charge in [0, 0.05) is 26.1 Å². The lowest BCUT2D eigenvalue weighted by Gasteiger charge is -2.27. The van der Waals surface area contributed by atoms with Crippen LogP contribution in [0.25, 0.3) is 0 Å². The van der Waals surface area contributed by atoms with Crippen molar-refractivity contribution in [2.75, 3.05) is 26.2 Å². The monoisotopic (exact) mass is 256 g/mol. The number of hydrogen-bond acceptors (Lipinski definition) is 3. The average molecular weight is 256 g/mol. The zero-order chi connectivity index (χ0) is 13.8. The van der Waals surface area contributed by atoms with Crippen LogP contribution in [0, 0.1) is 11.3 Å². The molecule has 1 heterocycles. The van der Waals surface area contributed by atoms with Crippen LogP contribution in [0.1, 0.15) is 40.5 Å². The number of nitrogens with one attached hydrogen (secondary N) is 1. The van der Waals surface area contributed by atoms with Crippen molar-refractivity contribution in [3.8, 4) is 0 Å². The van der Waals surface area contributed by atoms with E-state index in [1.54, 1.807) is 0 Å². The summed E-state index contributed by atoms with van der Waals surface area (Å²) in [5.74, 6) is 0.588. The van der Waals surface area contributed by atoms with Gasteiger partial charge in [0.15, 0.2) is 0 Å². The van der Waals surface area contributed by atoms with Crippen LogP contribution in [-0.2, 0) is 4.79 Å². The largest absolute Gasteiger partial charge is 0.390 e. The quantitative estimate of drug-likeness (QED) is 0.703. The summed E-state index contributed by atoms with van der Waals surface area (Å²) in [5.41, 5.74) is 0.163. The highest BCUT2D eigenvalue weighted by atomic mass is 16.3. The van der Waals surface area contributed by atoms with Gasteiger partial charge in [0.05, 0.1) is 6.10 Å². The summed E-state index contributed by atoms with van der Waals surface area (Å²) in [6.07, 6.45) is 1.22. The highest BCUT2D eigenvalue weighted by Crippen LogP contribution is 2.34. The van der Waals surface area contributed by atoms with Crippen molar-refractivity contribution in [1.29, 1.82) is 0 Å². The highest BCUT2D eigenvalue weighted by molar-refractivity contribution is 5.78. The zero-order valence-electron chi connectivity index (χ0n) is 12.2. The van der Waals surface area contributed by atoms with Crippen LogP contribution < -0.4 is 5.32 Å². The van der Waals surface area contributed by atoms with Gasteiger partial charge in [-0.3, -0.25) is 4.79 Å². The maximum atomic E-state index is 11.9. The predicted molar refractivity (Wildman–Crippen MR) is 73.3 cm³/mol. The van der Waals surface area contributed by atoms with Gasteiger partial charge in [-0.1, -0.05) is 27.7 Å². The number of likely N-dealkylation sites (tertiary alicyclic amines) is 1. The SMILES string of the molecule is CCCNCC(O)CN1CC(C(C)(C)C)CC1=O. The van der Waals surface area contributed by atoms with Gasteiger partial charge in [-0.25, -0.2) is 0 Å². The molecule has 4 heteroatoms. The molecule has 0 aromatic rings. The Kier molecular flexibility index (Phi) is 5.60. The summed E-state index contributed by atoms with van der Waals surface area (Å²) in [6, 6.07) is 0. The van der Waals surface area contributed by atoms with Crippen LogP contribution in [0.4, 0.5) is 0 Å². The van der Waals surface area contributed by atoms with E-state index in [-0.39, 0.29) is 11.3 Å². The Morgan fingerprint density at radius 2 is 2.17 bits per heavy atom. The average Bonchev–Trinajstić information content (AvgIpc) is 2.60. The third-order valence-corrected chi connectivity index (χ3v) is 3.68. The van der Waals surface area contributed by atoms with Gasteiger partial charge in [-0.15, -0.1) is 0 Å². The van der Waals surface area contributed by atoms with E-state index >= 15 is 0 Å². The zero-order valence-corrected chi connectivity index (χ0v) is 12.2. The molecule has 1 saturated heterocycles. The fraction of sp³-hybridized carbons (Fsp3) is 0.929. The topological polar surface area (TPSA) is 52.6 Å². The van der Waals surface area contributed by atoms with E-state index in [1.165, 1.54) is 0 Å². The third kappa shape index (κ3) is 4.58. The number of nitrogens with zero attached hydrogens (tertiary/aromatic N) is 1. The van der Waals surface area contributed by atoms with Gasteiger partial charge in [-0.05, 0) is 24.3 Å². The second kappa shape index (κ2) is 6.53. The number of carbonyl (C=O) groups excluding carboxylic acids is 1. The molecule has 106 valence electrons. The smallest absolute Gasteiger partial charge is 0.223 e. The first-order valence-electron chi connectivity index (χ1n) is 7.01. The molecule has 0 spiro atoms. The summed E-state index contributed by atoms with van der Waals surface area (Å²) < 4.78 is 0.